The highest BCUT2D eigenvalue weighted by Crippen LogP contribution is 2.24. The van der Waals surface area contributed by atoms with Gasteiger partial charge in [-0.25, -0.2) is 0 Å². The van der Waals surface area contributed by atoms with Gasteiger partial charge in [0, 0.05) is 23.7 Å². The number of amides is 1. The molecule has 1 amide bonds. The highest BCUT2D eigenvalue weighted by atomic mass is 16.3. The zero-order valence-electron chi connectivity index (χ0n) is 13.1. The molecule has 0 atom stereocenters. The molecule has 22 heavy (non-hydrogen) atoms. The average Bonchev–Trinajstić information content (AvgIpc) is 2.89. The number of aryl methyl sites for hydroxylation is 2. The first-order chi connectivity index (χ1) is 10.5. The molecule has 0 aliphatic rings. The largest absolute Gasteiger partial charge is 0.464 e. The fourth-order valence-corrected chi connectivity index (χ4v) is 2.52. The van der Waals surface area contributed by atoms with Crippen molar-refractivity contribution in [1.29, 1.82) is 0 Å². The monoisotopic (exact) mass is 293 g/mol. The van der Waals surface area contributed by atoms with Crippen LogP contribution < -0.4 is 4.90 Å². The van der Waals surface area contributed by atoms with Gasteiger partial charge in [0.1, 0.15) is 5.58 Å². The lowest BCUT2D eigenvalue weighted by molar-refractivity contribution is -0.117. The Morgan fingerprint density at radius 1 is 1.05 bits per heavy atom. The van der Waals surface area contributed by atoms with Gasteiger partial charge in [-0.3, -0.25) is 4.79 Å². The van der Waals surface area contributed by atoms with Gasteiger partial charge < -0.3 is 9.32 Å². The maximum absolute atomic E-state index is 12.5. The molecule has 0 unspecified atom stereocenters. The van der Waals surface area contributed by atoms with Crippen LogP contribution in [0.5, 0.6) is 0 Å². The van der Waals surface area contributed by atoms with E-state index in [9.17, 15) is 4.79 Å². The van der Waals surface area contributed by atoms with E-state index in [2.05, 4.69) is 0 Å². The minimum absolute atomic E-state index is 0.0483. The molecular formula is C19H19NO2. The van der Waals surface area contributed by atoms with Crippen molar-refractivity contribution < 1.29 is 9.21 Å². The van der Waals surface area contributed by atoms with Crippen LogP contribution in [-0.2, 0) is 11.2 Å². The lowest BCUT2D eigenvalue weighted by Crippen LogP contribution is -2.27. The fraction of sp³-hybridized carbons (Fsp3) is 0.211. The standard InChI is InChI=1S/C19H19NO2/c1-13-4-7-16(8-5-13)20(3)19(21)11-15-12-22-18-10-14(2)6-9-17(15)18/h4-10,12H,11H2,1-3H3. The Morgan fingerprint density at radius 2 is 1.73 bits per heavy atom. The summed E-state index contributed by atoms with van der Waals surface area (Å²) in [6, 6.07) is 14.0. The topological polar surface area (TPSA) is 33.5 Å². The summed E-state index contributed by atoms with van der Waals surface area (Å²) in [7, 11) is 1.80. The number of hydrogen-bond donors (Lipinski definition) is 0. The van der Waals surface area contributed by atoms with Crippen LogP contribution in [0.2, 0.25) is 0 Å². The van der Waals surface area contributed by atoms with Gasteiger partial charge in [0.15, 0.2) is 0 Å². The van der Waals surface area contributed by atoms with Crippen LogP contribution in [0.25, 0.3) is 11.0 Å². The average molecular weight is 293 g/mol. The third-order valence-electron chi connectivity index (χ3n) is 3.95. The van der Waals surface area contributed by atoms with E-state index in [1.807, 2.05) is 56.3 Å². The molecule has 0 saturated carbocycles. The highest BCUT2D eigenvalue weighted by molar-refractivity contribution is 5.96. The van der Waals surface area contributed by atoms with E-state index in [1.165, 1.54) is 5.56 Å². The van der Waals surface area contributed by atoms with Crippen molar-refractivity contribution in [2.45, 2.75) is 20.3 Å². The molecule has 0 aliphatic heterocycles. The van der Waals surface area contributed by atoms with Crippen LogP contribution in [-0.4, -0.2) is 13.0 Å². The zero-order chi connectivity index (χ0) is 15.7. The minimum Gasteiger partial charge on any atom is -0.464 e. The van der Waals surface area contributed by atoms with Crippen molar-refractivity contribution in [2.24, 2.45) is 0 Å². The van der Waals surface area contributed by atoms with E-state index >= 15 is 0 Å². The Morgan fingerprint density at radius 3 is 2.45 bits per heavy atom. The van der Waals surface area contributed by atoms with E-state index in [4.69, 9.17) is 4.42 Å². The van der Waals surface area contributed by atoms with Gasteiger partial charge in [-0.2, -0.15) is 0 Å². The normalized spacial score (nSPS) is 10.9. The van der Waals surface area contributed by atoms with Gasteiger partial charge in [0.2, 0.25) is 5.91 Å². The Labute approximate surface area is 130 Å². The van der Waals surface area contributed by atoms with Crippen molar-refractivity contribution in [3.05, 3.63) is 65.4 Å². The minimum atomic E-state index is 0.0483. The molecule has 0 spiro atoms. The lowest BCUT2D eigenvalue weighted by Gasteiger charge is -2.17. The Bertz CT molecular complexity index is 815. The summed E-state index contributed by atoms with van der Waals surface area (Å²) in [5.41, 5.74) is 5.00. The quantitative estimate of drug-likeness (QED) is 0.723. The number of hydrogen-bond acceptors (Lipinski definition) is 2. The number of carbonyl (C=O) groups excluding carboxylic acids is 1. The summed E-state index contributed by atoms with van der Waals surface area (Å²) < 4.78 is 5.56. The smallest absolute Gasteiger partial charge is 0.231 e. The second kappa shape index (κ2) is 5.68. The molecule has 0 fully saturated rings. The molecule has 0 N–H and O–H groups in total. The molecule has 3 heteroatoms. The number of benzene rings is 2. The first-order valence-electron chi connectivity index (χ1n) is 7.34. The van der Waals surface area contributed by atoms with Crippen LogP contribution in [0.4, 0.5) is 5.69 Å². The Balaban J connectivity index is 1.82. The van der Waals surface area contributed by atoms with Crippen molar-refractivity contribution in [3.63, 3.8) is 0 Å². The maximum Gasteiger partial charge on any atom is 0.231 e. The number of nitrogens with zero attached hydrogens (tertiary/aromatic N) is 1. The summed E-state index contributed by atoms with van der Waals surface area (Å²) in [6.45, 7) is 4.06. The molecule has 3 rings (SSSR count). The van der Waals surface area contributed by atoms with Crippen LogP contribution >= 0.6 is 0 Å². The number of rotatable bonds is 3. The molecule has 0 bridgehead atoms. The maximum atomic E-state index is 12.5. The summed E-state index contributed by atoms with van der Waals surface area (Å²) in [4.78, 5) is 14.2. The third-order valence-corrected chi connectivity index (χ3v) is 3.95. The summed E-state index contributed by atoms with van der Waals surface area (Å²) in [5, 5.41) is 1.01. The second-order valence-corrected chi connectivity index (χ2v) is 5.73. The molecule has 1 aromatic heterocycles. The second-order valence-electron chi connectivity index (χ2n) is 5.73. The molecule has 3 nitrogen and oxygen atoms in total. The van der Waals surface area contributed by atoms with Crippen LogP contribution in [0, 0.1) is 13.8 Å². The number of fused-ring (bicyclic) bond motifs is 1. The van der Waals surface area contributed by atoms with Crippen LogP contribution in [0.3, 0.4) is 0 Å². The zero-order valence-corrected chi connectivity index (χ0v) is 13.1. The molecule has 1 heterocycles. The number of anilines is 1. The van der Waals surface area contributed by atoms with E-state index in [1.54, 1.807) is 18.2 Å². The highest BCUT2D eigenvalue weighted by Gasteiger charge is 2.15. The molecule has 0 aliphatic carbocycles. The van der Waals surface area contributed by atoms with E-state index in [0.29, 0.717) is 6.42 Å². The predicted octanol–water partition coefficient (Wildman–Crippen LogP) is 4.26. The Kier molecular flexibility index (Phi) is 3.72. The molecule has 0 saturated heterocycles. The van der Waals surface area contributed by atoms with Gasteiger partial charge in [0.25, 0.3) is 0 Å². The van der Waals surface area contributed by atoms with Gasteiger partial charge in [0.05, 0.1) is 12.7 Å². The number of likely N-dealkylation sites (N-methyl/N-ethyl adjacent to an activating group) is 1. The van der Waals surface area contributed by atoms with Crippen LogP contribution in [0.15, 0.2) is 53.1 Å². The molecule has 3 aromatic rings. The number of furan rings is 1. The molecular weight excluding hydrogens is 274 g/mol. The summed E-state index contributed by atoms with van der Waals surface area (Å²) >= 11 is 0. The van der Waals surface area contributed by atoms with E-state index in [-0.39, 0.29) is 5.91 Å². The van der Waals surface area contributed by atoms with Crippen molar-refractivity contribution in [2.75, 3.05) is 11.9 Å². The van der Waals surface area contributed by atoms with E-state index < -0.39 is 0 Å². The van der Waals surface area contributed by atoms with Crippen LogP contribution in [0.1, 0.15) is 16.7 Å². The summed E-state index contributed by atoms with van der Waals surface area (Å²) in [6.07, 6.45) is 2.02. The third kappa shape index (κ3) is 2.75. The van der Waals surface area contributed by atoms with Gasteiger partial charge in [-0.15, -0.1) is 0 Å². The van der Waals surface area contributed by atoms with E-state index in [0.717, 1.165) is 27.8 Å². The fourth-order valence-electron chi connectivity index (χ4n) is 2.52. The van der Waals surface area contributed by atoms with Crippen molar-refractivity contribution in [3.8, 4) is 0 Å². The Hall–Kier alpha value is -2.55. The number of carbonyl (C=O) groups is 1. The first-order valence-corrected chi connectivity index (χ1v) is 7.34. The predicted molar refractivity (Wildman–Crippen MR) is 89.2 cm³/mol. The van der Waals surface area contributed by atoms with Crippen molar-refractivity contribution in [1.82, 2.24) is 0 Å². The lowest BCUT2D eigenvalue weighted by atomic mass is 10.1. The molecule has 2 aromatic carbocycles. The summed E-state index contributed by atoms with van der Waals surface area (Å²) in [5.74, 6) is 0.0483. The van der Waals surface area contributed by atoms with Crippen molar-refractivity contribution >= 4 is 22.6 Å². The van der Waals surface area contributed by atoms with Gasteiger partial charge in [-0.05, 0) is 37.6 Å². The first kappa shape index (κ1) is 14.4. The molecule has 0 radical (unpaired) electrons. The SMILES string of the molecule is Cc1ccc(N(C)C(=O)Cc2coc3cc(C)ccc23)cc1. The molecule has 112 valence electrons. The van der Waals surface area contributed by atoms with Gasteiger partial charge in [-0.1, -0.05) is 29.8 Å². The van der Waals surface area contributed by atoms with Gasteiger partial charge >= 0.3 is 0 Å².